The van der Waals surface area contributed by atoms with E-state index in [4.69, 9.17) is 39.5 Å². The molecule has 7 heteroatoms. The van der Waals surface area contributed by atoms with Crippen LogP contribution in [-0.2, 0) is 6.54 Å². The Morgan fingerprint density at radius 3 is 2.10 bits per heavy atom. The van der Waals surface area contributed by atoms with Crippen LogP contribution in [0.15, 0.2) is 33.2 Å². The minimum atomic E-state index is 0.433. The Bertz CT molecular complexity index is 657. The summed E-state index contributed by atoms with van der Waals surface area (Å²) in [5.74, 6) is 0.756. The number of halogens is 5. The molecule has 0 aliphatic carbocycles. The van der Waals surface area contributed by atoms with Crippen molar-refractivity contribution in [1.82, 2.24) is 0 Å². The van der Waals surface area contributed by atoms with Crippen molar-refractivity contribution in [3.05, 3.63) is 53.8 Å². The molecule has 0 aromatic heterocycles. The van der Waals surface area contributed by atoms with E-state index in [2.05, 4.69) is 37.2 Å². The van der Waals surface area contributed by atoms with Gasteiger partial charge in [-0.1, -0.05) is 34.8 Å². The fourth-order valence-electron chi connectivity index (χ4n) is 1.76. The highest BCUT2D eigenvalue weighted by atomic mass is 79.9. The van der Waals surface area contributed by atoms with E-state index >= 15 is 0 Å². The third-order valence-corrected chi connectivity index (χ3v) is 4.97. The highest BCUT2D eigenvalue weighted by molar-refractivity contribution is 9.11. The molecule has 2 aromatic rings. The Kier molecular flexibility index (Phi) is 6.09. The van der Waals surface area contributed by atoms with Gasteiger partial charge in [0.2, 0.25) is 0 Å². The van der Waals surface area contributed by atoms with Crippen LogP contribution in [0, 0.1) is 0 Å². The number of ether oxygens (including phenoxy) is 1. The number of methoxy groups -OCH3 is 1. The number of nitrogens with one attached hydrogen (secondary N) is 1. The summed E-state index contributed by atoms with van der Waals surface area (Å²) in [6, 6.07) is 7.28. The molecule has 0 heterocycles. The maximum absolute atomic E-state index is 6.13. The second-order valence-corrected chi connectivity index (χ2v) is 7.12. The summed E-state index contributed by atoms with van der Waals surface area (Å²) in [5, 5.41) is 4.65. The highest BCUT2D eigenvalue weighted by Crippen LogP contribution is 2.35. The van der Waals surface area contributed by atoms with Crippen LogP contribution < -0.4 is 10.1 Å². The average molecular weight is 474 g/mol. The third kappa shape index (κ3) is 4.20. The molecule has 2 nitrogen and oxygen atoms in total. The van der Waals surface area contributed by atoms with Gasteiger partial charge in [-0.2, -0.15) is 0 Å². The van der Waals surface area contributed by atoms with E-state index in [-0.39, 0.29) is 0 Å². The molecule has 2 rings (SSSR count). The molecule has 0 radical (unpaired) electrons. The molecule has 0 saturated heterocycles. The minimum Gasteiger partial charge on any atom is -0.494 e. The van der Waals surface area contributed by atoms with Crippen LogP contribution in [0.5, 0.6) is 5.75 Å². The smallest absolute Gasteiger partial charge is 0.147 e. The molecule has 0 fully saturated rings. The quantitative estimate of drug-likeness (QED) is 0.493. The van der Waals surface area contributed by atoms with E-state index in [0.717, 1.165) is 25.9 Å². The van der Waals surface area contributed by atoms with Gasteiger partial charge in [-0.3, -0.25) is 0 Å². The standard InChI is InChI=1S/C14H10Br2Cl3NO/c1-21-14-8(15)2-7(3-9(14)16)6-20-13-5-11(18)10(17)4-12(13)19/h2-5,20H,6H2,1H3. The second kappa shape index (κ2) is 7.42. The van der Waals surface area contributed by atoms with Gasteiger partial charge in [0, 0.05) is 6.54 Å². The zero-order valence-corrected chi connectivity index (χ0v) is 16.3. The van der Waals surface area contributed by atoms with Crippen molar-refractivity contribution in [2.45, 2.75) is 6.54 Å². The summed E-state index contributed by atoms with van der Waals surface area (Å²) in [6.07, 6.45) is 0. The van der Waals surface area contributed by atoms with Gasteiger partial charge in [0.15, 0.2) is 0 Å². The van der Waals surface area contributed by atoms with Gasteiger partial charge in [-0.05, 0) is 61.7 Å². The Hall–Kier alpha value is -0.130. The van der Waals surface area contributed by atoms with Gasteiger partial charge in [0.1, 0.15) is 5.75 Å². The molecule has 2 aromatic carbocycles. The molecule has 0 spiro atoms. The number of benzene rings is 2. The Morgan fingerprint density at radius 1 is 0.952 bits per heavy atom. The number of hydrogen-bond acceptors (Lipinski definition) is 2. The lowest BCUT2D eigenvalue weighted by Gasteiger charge is -2.12. The fraction of sp³-hybridized carbons (Fsp3) is 0.143. The predicted molar refractivity (Wildman–Crippen MR) is 97.2 cm³/mol. The van der Waals surface area contributed by atoms with Crippen LogP contribution in [0.4, 0.5) is 5.69 Å². The van der Waals surface area contributed by atoms with Crippen LogP contribution in [0.25, 0.3) is 0 Å². The average Bonchev–Trinajstić information content (AvgIpc) is 2.41. The first-order valence-corrected chi connectivity index (χ1v) is 8.54. The van der Waals surface area contributed by atoms with E-state index in [1.807, 2.05) is 12.1 Å². The lowest BCUT2D eigenvalue weighted by Crippen LogP contribution is -2.01. The van der Waals surface area contributed by atoms with Gasteiger partial charge in [0.25, 0.3) is 0 Å². The van der Waals surface area contributed by atoms with Gasteiger partial charge in [0.05, 0.1) is 36.8 Å². The van der Waals surface area contributed by atoms with Gasteiger partial charge in [-0.25, -0.2) is 0 Å². The third-order valence-electron chi connectivity index (χ3n) is 2.76. The van der Waals surface area contributed by atoms with Crippen molar-refractivity contribution in [2.75, 3.05) is 12.4 Å². The highest BCUT2D eigenvalue weighted by Gasteiger charge is 2.09. The largest absolute Gasteiger partial charge is 0.494 e. The first-order chi connectivity index (χ1) is 9.92. The van der Waals surface area contributed by atoms with Crippen molar-refractivity contribution < 1.29 is 4.74 Å². The summed E-state index contributed by atoms with van der Waals surface area (Å²) in [6.45, 7) is 0.582. The molecule has 0 bridgehead atoms. The zero-order valence-electron chi connectivity index (χ0n) is 10.8. The van der Waals surface area contributed by atoms with Crippen molar-refractivity contribution in [3.8, 4) is 5.75 Å². The van der Waals surface area contributed by atoms with Gasteiger partial charge < -0.3 is 10.1 Å². The molecule has 0 unspecified atom stereocenters. The van der Waals surface area contributed by atoms with Gasteiger partial charge >= 0.3 is 0 Å². The molecular weight excluding hydrogens is 464 g/mol. The van der Waals surface area contributed by atoms with E-state index in [1.165, 1.54) is 0 Å². The maximum Gasteiger partial charge on any atom is 0.147 e. The minimum absolute atomic E-state index is 0.433. The normalized spacial score (nSPS) is 10.6. The van der Waals surface area contributed by atoms with Gasteiger partial charge in [-0.15, -0.1) is 0 Å². The first-order valence-electron chi connectivity index (χ1n) is 5.82. The molecule has 21 heavy (non-hydrogen) atoms. The summed E-state index contributed by atoms with van der Waals surface area (Å²) in [4.78, 5) is 0. The van der Waals surface area contributed by atoms with Crippen LogP contribution in [0.2, 0.25) is 15.1 Å². The predicted octanol–water partition coefficient (Wildman–Crippen LogP) is 6.79. The van der Waals surface area contributed by atoms with Crippen molar-refractivity contribution in [2.24, 2.45) is 0 Å². The molecule has 112 valence electrons. The van der Waals surface area contributed by atoms with Crippen LogP contribution in [0.3, 0.4) is 0 Å². The summed E-state index contributed by atoms with van der Waals surface area (Å²) in [5.41, 5.74) is 1.78. The summed E-state index contributed by atoms with van der Waals surface area (Å²) >= 11 is 25.0. The fourth-order valence-corrected chi connectivity index (χ4v) is 3.98. The molecule has 0 aliphatic rings. The summed E-state index contributed by atoms with van der Waals surface area (Å²) < 4.78 is 7.02. The van der Waals surface area contributed by atoms with Crippen LogP contribution in [-0.4, -0.2) is 7.11 Å². The Balaban J connectivity index is 2.19. The van der Waals surface area contributed by atoms with Crippen LogP contribution >= 0.6 is 66.7 Å². The lowest BCUT2D eigenvalue weighted by molar-refractivity contribution is 0.409. The number of rotatable bonds is 4. The topological polar surface area (TPSA) is 21.3 Å². The molecule has 1 N–H and O–H groups in total. The molecule has 0 aliphatic heterocycles. The van der Waals surface area contributed by atoms with E-state index in [9.17, 15) is 0 Å². The van der Waals surface area contributed by atoms with E-state index < -0.39 is 0 Å². The van der Waals surface area contributed by atoms with Crippen LogP contribution in [0.1, 0.15) is 5.56 Å². The van der Waals surface area contributed by atoms with E-state index in [1.54, 1.807) is 19.2 Å². The zero-order chi connectivity index (χ0) is 15.6. The number of anilines is 1. The van der Waals surface area contributed by atoms with Crippen molar-refractivity contribution in [3.63, 3.8) is 0 Å². The number of hydrogen-bond donors (Lipinski definition) is 1. The molecular formula is C14H10Br2Cl3NO. The SMILES string of the molecule is COc1c(Br)cc(CNc2cc(Cl)c(Cl)cc2Cl)cc1Br. The van der Waals surface area contributed by atoms with Crippen molar-refractivity contribution >= 4 is 72.4 Å². The Morgan fingerprint density at radius 2 is 1.52 bits per heavy atom. The first kappa shape index (κ1) is 17.2. The molecule has 0 atom stereocenters. The summed E-state index contributed by atoms with van der Waals surface area (Å²) in [7, 11) is 1.62. The monoisotopic (exact) mass is 471 g/mol. The maximum atomic E-state index is 6.13. The molecule has 0 saturated carbocycles. The van der Waals surface area contributed by atoms with E-state index in [0.29, 0.717) is 21.6 Å². The Labute approximate surface area is 155 Å². The second-order valence-electron chi connectivity index (χ2n) is 4.19. The lowest BCUT2D eigenvalue weighted by atomic mass is 10.2. The van der Waals surface area contributed by atoms with Crippen molar-refractivity contribution in [1.29, 1.82) is 0 Å². The molecule has 0 amide bonds.